The SMILES string of the molecule is CCC[C@@H](C)NC(=O)CN(c1cccc([N+](=O)[O-])c1)S(C)(=O)=O. The Labute approximate surface area is 135 Å². The van der Waals surface area contributed by atoms with Crippen molar-refractivity contribution >= 4 is 27.3 Å². The topological polar surface area (TPSA) is 110 Å². The molecular formula is C14H21N3O5S. The number of benzene rings is 1. The minimum Gasteiger partial charge on any atom is -0.352 e. The van der Waals surface area contributed by atoms with Gasteiger partial charge in [-0.1, -0.05) is 19.4 Å². The number of anilines is 1. The number of rotatable bonds is 8. The van der Waals surface area contributed by atoms with E-state index in [2.05, 4.69) is 5.32 Å². The zero-order chi connectivity index (χ0) is 17.6. The first-order valence-electron chi connectivity index (χ1n) is 7.16. The van der Waals surface area contributed by atoms with E-state index >= 15 is 0 Å². The fourth-order valence-corrected chi connectivity index (χ4v) is 2.97. The lowest BCUT2D eigenvalue weighted by atomic mass is 10.2. The van der Waals surface area contributed by atoms with Crippen LogP contribution >= 0.6 is 0 Å². The number of carbonyl (C=O) groups excluding carboxylic acids is 1. The molecule has 0 fully saturated rings. The van der Waals surface area contributed by atoms with Crippen molar-refractivity contribution in [3.8, 4) is 0 Å². The summed E-state index contributed by atoms with van der Waals surface area (Å²) in [5.41, 5.74) is -0.157. The van der Waals surface area contributed by atoms with E-state index in [0.29, 0.717) is 0 Å². The molecule has 1 atom stereocenters. The minimum absolute atomic E-state index is 0.0704. The predicted molar refractivity (Wildman–Crippen MR) is 87.8 cm³/mol. The second-order valence-electron chi connectivity index (χ2n) is 5.30. The van der Waals surface area contributed by atoms with E-state index in [9.17, 15) is 23.3 Å². The molecule has 0 unspecified atom stereocenters. The van der Waals surface area contributed by atoms with Gasteiger partial charge in [0.25, 0.3) is 5.69 Å². The largest absolute Gasteiger partial charge is 0.352 e. The number of nitrogens with zero attached hydrogens (tertiary/aromatic N) is 2. The second kappa shape index (κ2) is 7.91. The molecule has 0 aliphatic rings. The molecule has 0 aliphatic heterocycles. The summed E-state index contributed by atoms with van der Waals surface area (Å²) in [6.45, 7) is 3.39. The van der Waals surface area contributed by atoms with Gasteiger partial charge in [0.15, 0.2) is 0 Å². The Morgan fingerprint density at radius 2 is 2.09 bits per heavy atom. The third kappa shape index (κ3) is 5.85. The van der Waals surface area contributed by atoms with Crippen molar-refractivity contribution in [2.75, 3.05) is 17.1 Å². The fourth-order valence-electron chi connectivity index (χ4n) is 2.12. The zero-order valence-electron chi connectivity index (χ0n) is 13.4. The number of nitro groups is 1. The maximum absolute atomic E-state index is 12.0. The van der Waals surface area contributed by atoms with Crippen LogP contribution < -0.4 is 9.62 Å². The van der Waals surface area contributed by atoms with Crippen LogP contribution in [0.1, 0.15) is 26.7 Å². The van der Waals surface area contributed by atoms with Crippen molar-refractivity contribution < 1.29 is 18.1 Å². The van der Waals surface area contributed by atoms with E-state index in [1.54, 1.807) is 0 Å². The summed E-state index contributed by atoms with van der Waals surface area (Å²) in [7, 11) is -3.75. The van der Waals surface area contributed by atoms with E-state index in [1.807, 2.05) is 13.8 Å². The van der Waals surface area contributed by atoms with Crippen molar-refractivity contribution in [3.63, 3.8) is 0 Å². The first-order valence-corrected chi connectivity index (χ1v) is 9.01. The monoisotopic (exact) mass is 343 g/mol. The van der Waals surface area contributed by atoms with Crippen molar-refractivity contribution in [3.05, 3.63) is 34.4 Å². The highest BCUT2D eigenvalue weighted by Crippen LogP contribution is 2.22. The van der Waals surface area contributed by atoms with Gasteiger partial charge >= 0.3 is 0 Å². The lowest BCUT2D eigenvalue weighted by Crippen LogP contribution is -2.43. The number of amides is 1. The van der Waals surface area contributed by atoms with Gasteiger partial charge in [-0.15, -0.1) is 0 Å². The Bertz CT molecular complexity index is 675. The summed E-state index contributed by atoms with van der Waals surface area (Å²) in [6.07, 6.45) is 2.62. The molecule has 1 aromatic carbocycles. The minimum atomic E-state index is -3.75. The summed E-state index contributed by atoms with van der Waals surface area (Å²) in [5, 5.41) is 13.5. The summed E-state index contributed by atoms with van der Waals surface area (Å²) in [4.78, 5) is 22.2. The molecule has 1 amide bonds. The standard InChI is InChI=1S/C14H21N3O5S/c1-4-6-11(2)15-14(18)10-16(23(3,21)22)12-7-5-8-13(9-12)17(19)20/h5,7-9,11H,4,6,10H2,1-3H3,(H,15,18)/t11-/m1/s1. The number of sulfonamides is 1. The van der Waals surface area contributed by atoms with E-state index in [-0.39, 0.29) is 17.4 Å². The van der Waals surface area contributed by atoms with Gasteiger partial charge in [0.05, 0.1) is 16.9 Å². The molecule has 1 aromatic rings. The van der Waals surface area contributed by atoms with Gasteiger partial charge in [0, 0.05) is 18.2 Å². The van der Waals surface area contributed by atoms with Gasteiger partial charge in [0.2, 0.25) is 15.9 Å². The van der Waals surface area contributed by atoms with Crippen molar-refractivity contribution in [1.29, 1.82) is 0 Å². The van der Waals surface area contributed by atoms with E-state index < -0.39 is 27.4 Å². The average Bonchev–Trinajstić information content (AvgIpc) is 2.43. The number of hydrogen-bond donors (Lipinski definition) is 1. The van der Waals surface area contributed by atoms with Crippen LogP contribution in [0.4, 0.5) is 11.4 Å². The Morgan fingerprint density at radius 3 is 2.61 bits per heavy atom. The highest BCUT2D eigenvalue weighted by Gasteiger charge is 2.23. The molecule has 0 bridgehead atoms. The summed E-state index contributed by atoms with van der Waals surface area (Å²) < 4.78 is 24.7. The van der Waals surface area contributed by atoms with Crippen LogP contribution in [-0.4, -0.2) is 38.1 Å². The molecule has 0 aliphatic carbocycles. The Balaban J connectivity index is 3.01. The highest BCUT2D eigenvalue weighted by molar-refractivity contribution is 7.92. The molecule has 0 saturated carbocycles. The smallest absolute Gasteiger partial charge is 0.271 e. The predicted octanol–water partition coefficient (Wildman–Crippen LogP) is 1.67. The Kier molecular flexibility index (Phi) is 6.49. The lowest BCUT2D eigenvalue weighted by molar-refractivity contribution is -0.384. The Hall–Kier alpha value is -2.16. The number of nitro benzene ring substituents is 1. The first-order chi connectivity index (χ1) is 10.6. The van der Waals surface area contributed by atoms with Gasteiger partial charge < -0.3 is 5.32 Å². The highest BCUT2D eigenvalue weighted by atomic mass is 32.2. The van der Waals surface area contributed by atoms with Gasteiger partial charge in [-0.3, -0.25) is 19.2 Å². The molecule has 0 spiro atoms. The van der Waals surface area contributed by atoms with E-state index in [4.69, 9.17) is 0 Å². The number of carbonyl (C=O) groups is 1. The molecule has 8 nitrogen and oxygen atoms in total. The summed E-state index contributed by atoms with van der Waals surface area (Å²) in [5.74, 6) is -0.456. The molecule has 0 saturated heterocycles. The molecule has 9 heteroatoms. The fraction of sp³-hybridized carbons (Fsp3) is 0.500. The molecule has 23 heavy (non-hydrogen) atoms. The van der Waals surface area contributed by atoms with E-state index in [1.165, 1.54) is 18.2 Å². The van der Waals surface area contributed by atoms with Crippen LogP contribution in [0.2, 0.25) is 0 Å². The van der Waals surface area contributed by atoms with Crippen molar-refractivity contribution in [1.82, 2.24) is 5.32 Å². The second-order valence-corrected chi connectivity index (χ2v) is 7.21. The summed E-state index contributed by atoms with van der Waals surface area (Å²) in [6, 6.07) is 5.11. The van der Waals surface area contributed by atoms with Crippen LogP contribution in [0.5, 0.6) is 0 Å². The quantitative estimate of drug-likeness (QED) is 0.570. The maximum atomic E-state index is 12.0. The van der Waals surface area contributed by atoms with Gasteiger partial charge in [-0.25, -0.2) is 8.42 Å². The van der Waals surface area contributed by atoms with Gasteiger partial charge in [-0.05, 0) is 19.4 Å². The molecule has 0 heterocycles. The lowest BCUT2D eigenvalue weighted by Gasteiger charge is -2.23. The van der Waals surface area contributed by atoms with E-state index in [0.717, 1.165) is 29.5 Å². The third-order valence-corrected chi connectivity index (χ3v) is 4.29. The molecule has 1 rings (SSSR count). The zero-order valence-corrected chi connectivity index (χ0v) is 14.2. The number of hydrogen-bond acceptors (Lipinski definition) is 5. The molecular weight excluding hydrogens is 322 g/mol. The number of nitrogens with one attached hydrogen (secondary N) is 1. The third-order valence-electron chi connectivity index (χ3n) is 3.15. The van der Waals surface area contributed by atoms with Crippen molar-refractivity contribution in [2.45, 2.75) is 32.7 Å². The maximum Gasteiger partial charge on any atom is 0.271 e. The average molecular weight is 343 g/mol. The Morgan fingerprint density at radius 1 is 1.43 bits per heavy atom. The van der Waals surface area contributed by atoms with Gasteiger partial charge in [-0.2, -0.15) is 0 Å². The first kappa shape index (κ1) is 18.9. The van der Waals surface area contributed by atoms with Crippen LogP contribution in [0.15, 0.2) is 24.3 Å². The number of non-ortho nitro benzene ring substituents is 1. The molecule has 0 aromatic heterocycles. The summed E-state index contributed by atoms with van der Waals surface area (Å²) >= 11 is 0. The van der Waals surface area contributed by atoms with Crippen LogP contribution in [0.3, 0.4) is 0 Å². The molecule has 128 valence electrons. The molecule has 1 N–H and O–H groups in total. The van der Waals surface area contributed by atoms with Crippen molar-refractivity contribution in [2.24, 2.45) is 0 Å². The van der Waals surface area contributed by atoms with Gasteiger partial charge in [0.1, 0.15) is 6.54 Å². The molecule has 0 radical (unpaired) electrons. The normalized spacial score (nSPS) is 12.5. The van der Waals surface area contributed by atoms with Crippen LogP contribution in [0, 0.1) is 10.1 Å². The van der Waals surface area contributed by atoms with Crippen LogP contribution in [0.25, 0.3) is 0 Å². The van der Waals surface area contributed by atoms with Crippen LogP contribution in [-0.2, 0) is 14.8 Å².